The summed E-state index contributed by atoms with van der Waals surface area (Å²) in [7, 11) is 0. The second-order valence-corrected chi connectivity index (χ2v) is 8.85. The number of carbonyl (C=O) groups is 3. The van der Waals surface area contributed by atoms with E-state index in [1.807, 2.05) is 24.3 Å². The zero-order valence-electron chi connectivity index (χ0n) is 16.9. The first-order valence-corrected chi connectivity index (χ1v) is 10.9. The molecule has 2 heterocycles. The van der Waals surface area contributed by atoms with Gasteiger partial charge in [0.1, 0.15) is 0 Å². The first-order chi connectivity index (χ1) is 15.2. The Bertz CT molecular complexity index is 1060. The fourth-order valence-corrected chi connectivity index (χ4v) is 4.71. The van der Waals surface area contributed by atoms with Gasteiger partial charge in [0.25, 0.3) is 0 Å². The number of thioether (sulfide) groups is 1. The van der Waals surface area contributed by atoms with Crippen LogP contribution in [0.25, 0.3) is 0 Å². The summed E-state index contributed by atoms with van der Waals surface area (Å²) in [6.45, 7) is 0.967. The topological polar surface area (TPSA) is 78.5 Å². The molecule has 0 saturated carbocycles. The molecule has 4 rings (SSSR count). The summed E-state index contributed by atoms with van der Waals surface area (Å²) < 4.78 is 38.6. The van der Waals surface area contributed by atoms with Crippen LogP contribution in [0.4, 0.5) is 24.5 Å². The first kappa shape index (κ1) is 22.2. The number of fused-ring (bicyclic) bond motifs is 1. The number of carbonyl (C=O) groups excluding carboxylic acids is 3. The standard InChI is InChI=1S/C22H20F3N3O3S/c23-22(24,25)14-5-8-17-16(10-14)27-21(31)18(32-17)11-19(29)26-12-13-3-6-15(7-4-13)28-9-1-2-20(28)30/h3-8,10,18H,1-2,9,11-12H2,(H,26,29)(H,27,31)/t18-/m1/s1. The third-order valence-electron chi connectivity index (χ3n) is 5.31. The molecule has 0 unspecified atom stereocenters. The average Bonchev–Trinajstić information content (AvgIpc) is 3.18. The van der Waals surface area contributed by atoms with Gasteiger partial charge in [-0.15, -0.1) is 11.8 Å². The van der Waals surface area contributed by atoms with Crippen molar-refractivity contribution in [3.05, 3.63) is 53.6 Å². The predicted octanol–water partition coefficient (Wildman–Crippen LogP) is 3.95. The minimum Gasteiger partial charge on any atom is -0.352 e. The van der Waals surface area contributed by atoms with Crippen molar-refractivity contribution in [2.45, 2.75) is 42.1 Å². The molecule has 2 aliphatic heterocycles. The Morgan fingerprint density at radius 1 is 1.16 bits per heavy atom. The lowest BCUT2D eigenvalue weighted by atomic mass is 10.1. The maximum atomic E-state index is 12.9. The second kappa shape index (κ2) is 8.85. The van der Waals surface area contributed by atoms with Gasteiger partial charge in [-0.05, 0) is 42.3 Å². The highest BCUT2D eigenvalue weighted by Crippen LogP contribution is 2.40. The number of hydrogen-bond acceptors (Lipinski definition) is 4. The highest BCUT2D eigenvalue weighted by Gasteiger charge is 2.34. The van der Waals surface area contributed by atoms with Gasteiger partial charge in [0, 0.05) is 36.5 Å². The SMILES string of the molecule is O=C(C[C@H]1Sc2ccc(C(F)(F)F)cc2NC1=O)NCc1ccc(N2CCCC2=O)cc1. The monoisotopic (exact) mass is 463 g/mol. The number of benzene rings is 2. The number of amides is 3. The minimum atomic E-state index is -4.50. The van der Waals surface area contributed by atoms with Gasteiger partial charge in [-0.2, -0.15) is 13.2 Å². The molecule has 0 bridgehead atoms. The van der Waals surface area contributed by atoms with Gasteiger partial charge in [-0.25, -0.2) is 0 Å². The molecule has 1 fully saturated rings. The lowest BCUT2D eigenvalue weighted by molar-refractivity contribution is -0.137. The molecule has 2 N–H and O–H groups in total. The second-order valence-electron chi connectivity index (χ2n) is 7.60. The highest BCUT2D eigenvalue weighted by atomic mass is 32.2. The number of nitrogens with one attached hydrogen (secondary N) is 2. The van der Waals surface area contributed by atoms with Crippen LogP contribution in [0, 0.1) is 0 Å². The molecular weight excluding hydrogens is 443 g/mol. The Labute approximate surface area is 186 Å². The van der Waals surface area contributed by atoms with Crippen molar-refractivity contribution in [3.63, 3.8) is 0 Å². The number of rotatable bonds is 5. The Morgan fingerprint density at radius 3 is 2.56 bits per heavy atom. The van der Waals surface area contributed by atoms with Gasteiger partial charge in [-0.3, -0.25) is 14.4 Å². The molecule has 6 nitrogen and oxygen atoms in total. The van der Waals surface area contributed by atoms with E-state index < -0.39 is 22.9 Å². The van der Waals surface area contributed by atoms with Crippen LogP contribution >= 0.6 is 11.8 Å². The van der Waals surface area contributed by atoms with Crippen LogP contribution < -0.4 is 15.5 Å². The lowest BCUT2D eigenvalue weighted by Gasteiger charge is -2.24. The molecule has 168 valence electrons. The summed E-state index contributed by atoms with van der Waals surface area (Å²) in [5.74, 6) is -0.742. The Morgan fingerprint density at radius 2 is 1.91 bits per heavy atom. The van der Waals surface area contributed by atoms with Crippen molar-refractivity contribution in [1.82, 2.24) is 5.32 Å². The molecule has 0 spiro atoms. The molecule has 1 atom stereocenters. The van der Waals surface area contributed by atoms with Crippen LogP contribution in [-0.4, -0.2) is 29.5 Å². The number of alkyl halides is 3. The maximum Gasteiger partial charge on any atom is 0.416 e. The van der Waals surface area contributed by atoms with Crippen molar-refractivity contribution in [1.29, 1.82) is 0 Å². The van der Waals surface area contributed by atoms with Gasteiger partial charge in [0.15, 0.2) is 0 Å². The molecule has 3 amide bonds. The number of anilines is 2. The molecule has 0 aliphatic carbocycles. The summed E-state index contributed by atoms with van der Waals surface area (Å²) in [5.41, 5.74) is 0.932. The van der Waals surface area contributed by atoms with Gasteiger partial charge in [0.05, 0.1) is 16.5 Å². The van der Waals surface area contributed by atoms with E-state index >= 15 is 0 Å². The Balaban J connectivity index is 1.31. The smallest absolute Gasteiger partial charge is 0.352 e. The Kier molecular flexibility index (Phi) is 6.14. The van der Waals surface area contributed by atoms with Crippen molar-refractivity contribution in [2.24, 2.45) is 0 Å². The van der Waals surface area contributed by atoms with E-state index in [1.54, 1.807) is 4.90 Å². The van der Waals surface area contributed by atoms with Gasteiger partial charge < -0.3 is 15.5 Å². The third-order valence-corrected chi connectivity index (χ3v) is 6.58. The molecule has 2 aliphatic rings. The normalized spacial score (nSPS) is 18.3. The summed E-state index contributed by atoms with van der Waals surface area (Å²) in [4.78, 5) is 38.7. The highest BCUT2D eigenvalue weighted by molar-refractivity contribution is 8.01. The molecule has 2 aromatic rings. The molecule has 32 heavy (non-hydrogen) atoms. The van der Waals surface area contributed by atoms with Gasteiger partial charge in [0.2, 0.25) is 17.7 Å². The molecule has 0 radical (unpaired) electrons. The van der Waals surface area contributed by atoms with E-state index in [-0.39, 0.29) is 30.5 Å². The molecular formula is C22H20F3N3O3S. The van der Waals surface area contributed by atoms with E-state index in [4.69, 9.17) is 0 Å². The van der Waals surface area contributed by atoms with Crippen LogP contribution in [0.1, 0.15) is 30.4 Å². The van der Waals surface area contributed by atoms with E-state index in [0.717, 1.165) is 41.6 Å². The van der Waals surface area contributed by atoms with Crippen LogP contribution in [0.3, 0.4) is 0 Å². The van der Waals surface area contributed by atoms with Crippen molar-refractivity contribution < 1.29 is 27.6 Å². The number of halogens is 3. The van der Waals surface area contributed by atoms with Crippen molar-refractivity contribution in [3.8, 4) is 0 Å². The first-order valence-electron chi connectivity index (χ1n) is 10.1. The van der Waals surface area contributed by atoms with E-state index in [9.17, 15) is 27.6 Å². The van der Waals surface area contributed by atoms with Crippen LogP contribution in [0.5, 0.6) is 0 Å². The summed E-state index contributed by atoms with van der Waals surface area (Å²) in [6.07, 6.45) is -3.20. The fraction of sp³-hybridized carbons (Fsp3) is 0.318. The van der Waals surface area contributed by atoms with Crippen LogP contribution in [-0.2, 0) is 27.1 Å². The van der Waals surface area contributed by atoms with Gasteiger partial charge >= 0.3 is 6.18 Å². The van der Waals surface area contributed by atoms with Gasteiger partial charge in [-0.1, -0.05) is 12.1 Å². The molecule has 10 heteroatoms. The zero-order chi connectivity index (χ0) is 22.9. The molecule has 0 aromatic heterocycles. The lowest BCUT2D eigenvalue weighted by Crippen LogP contribution is -2.34. The number of nitrogens with zero attached hydrogens (tertiary/aromatic N) is 1. The summed E-state index contributed by atoms with van der Waals surface area (Å²) in [6, 6.07) is 10.5. The molecule has 1 saturated heterocycles. The summed E-state index contributed by atoms with van der Waals surface area (Å²) >= 11 is 1.07. The minimum absolute atomic E-state index is 0.0999. The maximum absolute atomic E-state index is 12.9. The average molecular weight is 463 g/mol. The van der Waals surface area contributed by atoms with Crippen molar-refractivity contribution >= 4 is 40.9 Å². The zero-order valence-corrected chi connectivity index (χ0v) is 17.7. The number of hydrogen-bond donors (Lipinski definition) is 2. The van der Waals surface area contributed by atoms with E-state index in [1.165, 1.54) is 6.07 Å². The molecule has 2 aromatic carbocycles. The van der Waals surface area contributed by atoms with E-state index in [2.05, 4.69) is 10.6 Å². The van der Waals surface area contributed by atoms with Crippen LogP contribution in [0.15, 0.2) is 47.4 Å². The fourth-order valence-electron chi connectivity index (χ4n) is 3.62. The third kappa shape index (κ3) is 4.90. The van der Waals surface area contributed by atoms with Crippen molar-refractivity contribution in [2.75, 3.05) is 16.8 Å². The quantitative estimate of drug-likeness (QED) is 0.704. The predicted molar refractivity (Wildman–Crippen MR) is 114 cm³/mol. The van der Waals surface area contributed by atoms with Crippen LogP contribution in [0.2, 0.25) is 0 Å². The Hall–Kier alpha value is -3.01. The van der Waals surface area contributed by atoms with E-state index in [0.29, 0.717) is 17.9 Å². The largest absolute Gasteiger partial charge is 0.416 e. The summed E-state index contributed by atoms with van der Waals surface area (Å²) in [5, 5.41) is 4.49.